The first kappa shape index (κ1) is 18.5. The molecule has 3 rings (SSSR count). The predicted octanol–water partition coefficient (Wildman–Crippen LogP) is 4.21. The van der Waals surface area contributed by atoms with E-state index >= 15 is 0 Å². The van der Waals surface area contributed by atoms with Crippen LogP contribution >= 0.6 is 0 Å². The highest BCUT2D eigenvalue weighted by Crippen LogP contribution is 2.20. The maximum atomic E-state index is 13.0. The Morgan fingerprint density at radius 2 is 1.41 bits per heavy atom. The van der Waals surface area contributed by atoms with Gasteiger partial charge in [0.05, 0.1) is 10.6 Å². The van der Waals surface area contributed by atoms with E-state index in [1.165, 1.54) is 12.1 Å². The van der Waals surface area contributed by atoms with Gasteiger partial charge in [0.15, 0.2) is 0 Å². The topological polar surface area (TPSA) is 75.7 Å². The number of carbonyl (C=O) groups excluding carboxylic acids is 1. The van der Waals surface area contributed by atoms with Crippen LogP contribution in [-0.4, -0.2) is 18.9 Å². The van der Waals surface area contributed by atoms with Gasteiger partial charge in [0.25, 0.3) is 10.0 Å². The third-order valence-electron chi connectivity index (χ3n) is 3.68. The van der Waals surface area contributed by atoms with Gasteiger partial charge >= 0.3 is 6.09 Å². The highest BCUT2D eigenvalue weighted by molar-refractivity contribution is 7.89. The number of sulfonamides is 1. The Hall–Kier alpha value is -3.32. The fourth-order valence-electron chi connectivity index (χ4n) is 2.28. The Kier molecular flexibility index (Phi) is 5.42. The third kappa shape index (κ3) is 4.45. The number of amides is 1. The lowest BCUT2D eigenvalue weighted by Crippen LogP contribution is -2.43. The second-order valence-corrected chi connectivity index (χ2v) is 7.53. The molecule has 0 saturated carbocycles. The first-order chi connectivity index (χ1) is 13.0. The summed E-state index contributed by atoms with van der Waals surface area (Å²) in [6, 6.07) is 23.0. The van der Waals surface area contributed by atoms with Gasteiger partial charge in [-0.3, -0.25) is 5.43 Å². The van der Waals surface area contributed by atoms with Crippen LogP contribution in [0.1, 0.15) is 5.56 Å². The summed E-state index contributed by atoms with van der Waals surface area (Å²) in [7, 11) is -4.19. The van der Waals surface area contributed by atoms with E-state index in [0.717, 1.165) is 5.56 Å². The van der Waals surface area contributed by atoms with Crippen molar-refractivity contribution >= 4 is 21.8 Å². The van der Waals surface area contributed by atoms with Crippen LogP contribution in [0.25, 0.3) is 0 Å². The highest BCUT2D eigenvalue weighted by atomic mass is 32.2. The van der Waals surface area contributed by atoms with Gasteiger partial charge in [0, 0.05) is 0 Å². The largest absolute Gasteiger partial charge is 0.449 e. The standard InChI is InChI=1S/C20H18N2O4S/c1-16-12-14-19(15-13-16)27(24,25)22(21-17-8-4-2-5-9-17)20(23)26-18-10-6-3-7-11-18/h2-15,21H,1H3. The number of aryl methyl sites for hydroxylation is 1. The number of nitrogens with zero attached hydrogens (tertiary/aromatic N) is 1. The quantitative estimate of drug-likeness (QED) is 0.669. The van der Waals surface area contributed by atoms with Crippen LogP contribution in [0.5, 0.6) is 5.75 Å². The molecule has 0 heterocycles. The molecule has 0 saturated heterocycles. The maximum absolute atomic E-state index is 13.0. The smallest absolute Gasteiger partial charge is 0.408 e. The Morgan fingerprint density at radius 1 is 0.852 bits per heavy atom. The molecule has 6 nitrogen and oxygen atoms in total. The van der Waals surface area contributed by atoms with E-state index in [9.17, 15) is 13.2 Å². The number of rotatable bonds is 5. The zero-order chi connectivity index (χ0) is 19.3. The lowest BCUT2D eigenvalue weighted by Gasteiger charge is -2.23. The van der Waals surface area contributed by atoms with E-state index in [1.807, 2.05) is 6.92 Å². The van der Waals surface area contributed by atoms with Crippen molar-refractivity contribution in [3.8, 4) is 5.75 Å². The van der Waals surface area contributed by atoms with E-state index < -0.39 is 16.1 Å². The summed E-state index contributed by atoms with van der Waals surface area (Å²) >= 11 is 0. The number of benzene rings is 3. The van der Waals surface area contributed by atoms with Crippen molar-refractivity contribution in [1.29, 1.82) is 0 Å². The number of hydrogen-bond acceptors (Lipinski definition) is 5. The summed E-state index contributed by atoms with van der Waals surface area (Å²) in [6.45, 7) is 1.85. The molecule has 0 aliphatic rings. The minimum Gasteiger partial charge on any atom is -0.408 e. The average Bonchev–Trinajstić information content (AvgIpc) is 2.68. The molecule has 1 amide bonds. The second-order valence-electron chi connectivity index (χ2n) is 5.74. The molecule has 0 radical (unpaired) electrons. The maximum Gasteiger partial charge on any atom is 0.449 e. The minimum absolute atomic E-state index is 0.0263. The van der Waals surface area contributed by atoms with Crippen LogP contribution in [0.2, 0.25) is 0 Å². The van der Waals surface area contributed by atoms with Crippen LogP contribution < -0.4 is 10.2 Å². The SMILES string of the molecule is Cc1ccc(S(=O)(=O)N(Nc2ccccc2)C(=O)Oc2ccccc2)cc1. The molecule has 0 spiro atoms. The Balaban J connectivity index is 1.96. The average molecular weight is 382 g/mol. The van der Waals surface area contributed by atoms with Gasteiger partial charge in [-0.15, -0.1) is 4.41 Å². The number of hydrogen-bond donors (Lipinski definition) is 1. The van der Waals surface area contributed by atoms with Crippen LogP contribution in [0.15, 0.2) is 89.8 Å². The summed E-state index contributed by atoms with van der Waals surface area (Å²) in [5.74, 6) is 0.237. The van der Waals surface area contributed by atoms with Gasteiger partial charge in [0.1, 0.15) is 5.75 Å². The minimum atomic E-state index is -4.19. The van der Waals surface area contributed by atoms with Crippen molar-refractivity contribution in [1.82, 2.24) is 4.41 Å². The number of ether oxygens (including phenoxy) is 1. The zero-order valence-electron chi connectivity index (χ0n) is 14.6. The molecule has 1 N–H and O–H groups in total. The number of para-hydroxylation sites is 2. The predicted molar refractivity (Wildman–Crippen MR) is 103 cm³/mol. The first-order valence-corrected chi connectivity index (χ1v) is 9.61. The van der Waals surface area contributed by atoms with E-state index in [2.05, 4.69) is 5.43 Å². The summed E-state index contributed by atoms with van der Waals surface area (Å²) in [6.07, 6.45) is -1.06. The van der Waals surface area contributed by atoms with Crippen molar-refractivity contribution in [2.45, 2.75) is 11.8 Å². The molecule has 3 aromatic carbocycles. The molecule has 3 aromatic rings. The van der Waals surface area contributed by atoms with Crippen LogP contribution in [0.4, 0.5) is 10.5 Å². The lowest BCUT2D eigenvalue weighted by atomic mass is 10.2. The first-order valence-electron chi connectivity index (χ1n) is 8.17. The Morgan fingerprint density at radius 3 is 2.00 bits per heavy atom. The van der Waals surface area contributed by atoms with E-state index in [1.54, 1.807) is 72.8 Å². The summed E-state index contributed by atoms with van der Waals surface area (Å²) in [4.78, 5) is 12.6. The van der Waals surface area contributed by atoms with Crippen LogP contribution in [0.3, 0.4) is 0 Å². The second kappa shape index (κ2) is 7.92. The Bertz CT molecular complexity index is 1000. The molecule has 0 bridgehead atoms. The van der Waals surface area contributed by atoms with Crippen molar-refractivity contribution in [2.75, 3.05) is 5.43 Å². The van der Waals surface area contributed by atoms with Gasteiger partial charge in [0.2, 0.25) is 0 Å². The molecule has 0 aliphatic carbocycles. The monoisotopic (exact) mass is 382 g/mol. The molecule has 0 aromatic heterocycles. The van der Waals surface area contributed by atoms with Crippen molar-refractivity contribution in [3.63, 3.8) is 0 Å². The normalized spacial score (nSPS) is 10.9. The fourth-order valence-corrected chi connectivity index (χ4v) is 3.43. The van der Waals surface area contributed by atoms with Crippen LogP contribution in [-0.2, 0) is 10.0 Å². The van der Waals surface area contributed by atoms with Gasteiger partial charge in [-0.2, -0.15) is 8.42 Å². The fraction of sp³-hybridized carbons (Fsp3) is 0.0500. The third-order valence-corrected chi connectivity index (χ3v) is 5.27. The molecular formula is C20H18N2O4S. The van der Waals surface area contributed by atoms with E-state index in [4.69, 9.17) is 4.74 Å². The zero-order valence-corrected chi connectivity index (χ0v) is 15.4. The van der Waals surface area contributed by atoms with E-state index in [-0.39, 0.29) is 10.6 Å². The van der Waals surface area contributed by atoms with Crippen molar-refractivity contribution in [2.24, 2.45) is 0 Å². The van der Waals surface area contributed by atoms with Gasteiger partial charge in [-0.25, -0.2) is 4.79 Å². The summed E-state index contributed by atoms with van der Waals surface area (Å²) in [5.41, 5.74) is 3.96. The molecule has 27 heavy (non-hydrogen) atoms. The molecule has 7 heteroatoms. The van der Waals surface area contributed by atoms with Gasteiger partial charge in [-0.1, -0.05) is 54.1 Å². The van der Waals surface area contributed by atoms with Crippen molar-refractivity contribution in [3.05, 3.63) is 90.5 Å². The summed E-state index contributed by atoms with van der Waals surface area (Å²) in [5, 5.41) is 0. The molecule has 0 fully saturated rings. The number of anilines is 1. The Labute approximate surface area is 158 Å². The number of carbonyl (C=O) groups is 1. The summed E-state index contributed by atoms with van der Waals surface area (Å²) < 4.78 is 31.8. The number of hydrazine groups is 1. The number of nitrogens with one attached hydrogen (secondary N) is 1. The molecule has 0 unspecified atom stereocenters. The van der Waals surface area contributed by atoms with Crippen LogP contribution in [0, 0.1) is 6.92 Å². The lowest BCUT2D eigenvalue weighted by molar-refractivity contribution is 0.184. The molecule has 138 valence electrons. The molecule has 0 aliphatic heterocycles. The molecular weight excluding hydrogens is 364 g/mol. The van der Waals surface area contributed by atoms with Crippen molar-refractivity contribution < 1.29 is 17.9 Å². The highest BCUT2D eigenvalue weighted by Gasteiger charge is 2.31. The molecule has 0 atom stereocenters. The van der Waals surface area contributed by atoms with Gasteiger partial charge in [-0.05, 0) is 43.3 Å². The van der Waals surface area contributed by atoms with Gasteiger partial charge < -0.3 is 4.74 Å². The van der Waals surface area contributed by atoms with E-state index in [0.29, 0.717) is 10.1 Å².